The van der Waals surface area contributed by atoms with Gasteiger partial charge in [0.1, 0.15) is 0 Å². The Kier molecular flexibility index (Phi) is 3.88. The van der Waals surface area contributed by atoms with E-state index in [4.69, 9.17) is 0 Å². The fourth-order valence-corrected chi connectivity index (χ4v) is 4.16. The Balaban J connectivity index is 1.92. The largest absolute Gasteiger partial charge is 0.360 e. The van der Waals surface area contributed by atoms with Crippen molar-refractivity contribution in [1.29, 1.82) is 0 Å². The fraction of sp³-hybridized carbons (Fsp3) is 0.526. The van der Waals surface area contributed by atoms with Crippen LogP contribution >= 0.6 is 11.8 Å². The van der Waals surface area contributed by atoms with E-state index in [-0.39, 0.29) is 16.6 Å². The molecule has 1 aromatic carbocycles. The van der Waals surface area contributed by atoms with Gasteiger partial charge in [0.15, 0.2) is 5.78 Å². The smallest absolute Gasteiger partial charge is 0.182 e. The molecule has 0 fully saturated rings. The van der Waals surface area contributed by atoms with E-state index < -0.39 is 0 Å². The Morgan fingerprint density at radius 2 is 1.82 bits per heavy atom. The van der Waals surface area contributed by atoms with E-state index in [2.05, 4.69) is 44.7 Å². The number of ketones is 1. The standard InChI is InChI=1S/C19H25NOS/c1-18(2)7-8-19(3,4)16-11-14(5-6-15(16)18)17(21)12-20-9-10-22-13-20/h5-6,9-11H,7-8,12-13H2,1-4H3. The van der Waals surface area contributed by atoms with Crippen LogP contribution in [0.1, 0.15) is 62.0 Å². The highest BCUT2D eigenvalue weighted by Gasteiger charge is 2.37. The molecule has 1 aliphatic carbocycles. The van der Waals surface area contributed by atoms with Crippen molar-refractivity contribution in [2.45, 2.75) is 51.4 Å². The molecule has 1 aromatic rings. The van der Waals surface area contributed by atoms with Gasteiger partial charge in [-0.05, 0) is 46.3 Å². The number of thioether (sulfide) groups is 1. The molecule has 0 atom stereocenters. The van der Waals surface area contributed by atoms with Gasteiger partial charge in [0.25, 0.3) is 0 Å². The summed E-state index contributed by atoms with van der Waals surface area (Å²) in [7, 11) is 0. The van der Waals surface area contributed by atoms with E-state index >= 15 is 0 Å². The van der Waals surface area contributed by atoms with Crippen molar-refractivity contribution < 1.29 is 4.79 Å². The number of fused-ring (bicyclic) bond motifs is 1. The number of carbonyl (C=O) groups is 1. The average Bonchev–Trinajstić information content (AvgIpc) is 2.96. The number of nitrogens with zero attached hydrogens (tertiary/aromatic N) is 1. The summed E-state index contributed by atoms with van der Waals surface area (Å²) < 4.78 is 0. The fourth-order valence-electron chi connectivity index (χ4n) is 3.45. The maximum Gasteiger partial charge on any atom is 0.182 e. The molecular formula is C19H25NOS. The molecule has 0 saturated heterocycles. The SMILES string of the molecule is CC1(C)CCC(C)(C)c2cc(C(=O)CN3C=CSC3)ccc21. The van der Waals surface area contributed by atoms with Crippen LogP contribution in [-0.4, -0.2) is 23.1 Å². The molecule has 0 aromatic heterocycles. The van der Waals surface area contributed by atoms with Gasteiger partial charge in [0.05, 0.1) is 12.4 Å². The summed E-state index contributed by atoms with van der Waals surface area (Å²) in [5, 5.41) is 2.05. The molecule has 2 aliphatic rings. The van der Waals surface area contributed by atoms with Gasteiger partial charge in [-0.25, -0.2) is 0 Å². The van der Waals surface area contributed by atoms with E-state index in [1.54, 1.807) is 11.8 Å². The first-order valence-corrected chi connectivity index (χ1v) is 9.05. The van der Waals surface area contributed by atoms with E-state index in [9.17, 15) is 4.79 Å². The summed E-state index contributed by atoms with van der Waals surface area (Å²) in [6, 6.07) is 6.38. The topological polar surface area (TPSA) is 20.3 Å². The molecule has 0 bridgehead atoms. The van der Waals surface area contributed by atoms with Crippen molar-refractivity contribution in [2.24, 2.45) is 0 Å². The lowest BCUT2D eigenvalue weighted by atomic mass is 9.63. The Morgan fingerprint density at radius 3 is 2.45 bits per heavy atom. The molecule has 22 heavy (non-hydrogen) atoms. The predicted molar refractivity (Wildman–Crippen MR) is 94.4 cm³/mol. The minimum absolute atomic E-state index is 0.157. The third kappa shape index (κ3) is 2.83. The van der Waals surface area contributed by atoms with Crippen LogP contribution in [0.15, 0.2) is 29.8 Å². The van der Waals surface area contributed by atoms with Crippen molar-refractivity contribution in [3.05, 3.63) is 46.5 Å². The first kappa shape index (κ1) is 15.7. The van der Waals surface area contributed by atoms with Gasteiger partial charge in [-0.3, -0.25) is 4.79 Å². The second kappa shape index (κ2) is 5.45. The van der Waals surface area contributed by atoms with Crippen LogP contribution in [0.2, 0.25) is 0 Å². The van der Waals surface area contributed by atoms with Crippen molar-refractivity contribution in [1.82, 2.24) is 4.90 Å². The van der Waals surface area contributed by atoms with Crippen molar-refractivity contribution in [3.8, 4) is 0 Å². The second-order valence-electron chi connectivity index (χ2n) is 7.78. The molecule has 3 heteroatoms. The van der Waals surface area contributed by atoms with Gasteiger partial charge in [-0.15, -0.1) is 11.8 Å². The summed E-state index contributed by atoms with van der Waals surface area (Å²) in [5.41, 5.74) is 4.00. The minimum atomic E-state index is 0.157. The number of hydrogen-bond donors (Lipinski definition) is 0. The maximum absolute atomic E-state index is 12.6. The minimum Gasteiger partial charge on any atom is -0.360 e. The summed E-state index contributed by atoms with van der Waals surface area (Å²) in [5.74, 6) is 1.10. The van der Waals surface area contributed by atoms with Gasteiger partial charge in [0.2, 0.25) is 0 Å². The number of benzene rings is 1. The molecule has 1 heterocycles. The van der Waals surface area contributed by atoms with Crippen LogP contribution in [0.25, 0.3) is 0 Å². The highest BCUT2D eigenvalue weighted by Crippen LogP contribution is 2.45. The lowest BCUT2D eigenvalue weighted by Crippen LogP contribution is -2.34. The predicted octanol–water partition coefficient (Wildman–Crippen LogP) is 4.70. The zero-order valence-electron chi connectivity index (χ0n) is 14.0. The van der Waals surface area contributed by atoms with E-state index in [1.807, 2.05) is 17.7 Å². The number of Topliss-reactive ketones (excluding diaryl/α,β-unsaturated/α-hetero) is 1. The molecule has 118 valence electrons. The molecule has 0 amide bonds. The zero-order valence-corrected chi connectivity index (χ0v) is 14.8. The van der Waals surface area contributed by atoms with E-state index in [1.165, 1.54) is 24.0 Å². The van der Waals surface area contributed by atoms with Gasteiger partial charge in [-0.2, -0.15) is 0 Å². The van der Waals surface area contributed by atoms with Crippen LogP contribution in [-0.2, 0) is 10.8 Å². The van der Waals surface area contributed by atoms with Crippen LogP contribution in [0, 0.1) is 0 Å². The summed E-state index contributed by atoms with van der Waals surface area (Å²) in [6.07, 6.45) is 4.39. The number of rotatable bonds is 3. The van der Waals surface area contributed by atoms with E-state index in [0.29, 0.717) is 6.54 Å². The maximum atomic E-state index is 12.6. The first-order valence-electron chi connectivity index (χ1n) is 8.00. The van der Waals surface area contributed by atoms with Crippen molar-refractivity contribution in [2.75, 3.05) is 12.4 Å². The second-order valence-corrected chi connectivity index (χ2v) is 8.64. The summed E-state index contributed by atoms with van der Waals surface area (Å²) in [4.78, 5) is 14.6. The molecular weight excluding hydrogens is 290 g/mol. The molecule has 3 rings (SSSR count). The monoisotopic (exact) mass is 315 g/mol. The highest BCUT2D eigenvalue weighted by atomic mass is 32.2. The Morgan fingerprint density at radius 1 is 1.14 bits per heavy atom. The summed E-state index contributed by atoms with van der Waals surface area (Å²) >= 11 is 1.73. The van der Waals surface area contributed by atoms with Crippen LogP contribution in [0.4, 0.5) is 0 Å². The molecule has 0 saturated carbocycles. The Labute approximate surface area is 138 Å². The molecule has 0 unspecified atom stereocenters. The lowest BCUT2D eigenvalue weighted by molar-refractivity contribution is 0.0963. The van der Waals surface area contributed by atoms with Crippen molar-refractivity contribution >= 4 is 17.5 Å². The highest BCUT2D eigenvalue weighted by molar-refractivity contribution is 8.02. The number of hydrogen-bond acceptors (Lipinski definition) is 3. The van der Waals surface area contributed by atoms with E-state index in [0.717, 1.165) is 11.4 Å². The number of carbonyl (C=O) groups excluding carboxylic acids is 1. The third-order valence-electron chi connectivity index (χ3n) is 5.13. The Bertz CT molecular complexity index is 630. The molecule has 0 radical (unpaired) electrons. The van der Waals surface area contributed by atoms with Crippen molar-refractivity contribution in [3.63, 3.8) is 0 Å². The van der Waals surface area contributed by atoms with Crippen LogP contribution < -0.4 is 0 Å². The summed E-state index contributed by atoms with van der Waals surface area (Å²) in [6.45, 7) is 9.71. The molecule has 2 nitrogen and oxygen atoms in total. The third-order valence-corrected chi connectivity index (χ3v) is 5.92. The Hall–Kier alpha value is -1.22. The lowest BCUT2D eigenvalue weighted by Gasteiger charge is -2.42. The quantitative estimate of drug-likeness (QED) is 0.754. The van der Waals surface area contributed by atoms with Crippen LogP contribution in [0.3, 0.4) is 0 Å². The van der Waals surface area contributed by atoms with Gasteiger partial charge < -0.3 is 4.90 Å². The van der Waals surface area contributed by atoms with Gasteiger partial charge >= 0.3 is 0 Å². The van der Waals surface area contributed by atoms with Crippen LogP contribution in [0.5, 0.6) is 0 Å². The molecule has 0 spiro atoms. The first-order chi connectivity index (χ1) is 10.3. The molecule has 1 aliphatic heterocycles. The average molecular weight is 315 g/mol. The van der Waals surface area contributed by atoms with Gasteiger partial charge in [-0.1, -0.05) is 39.8 Å². The normalized spacial score (nSPS) is 21.7. The van der Waals surface area contributed by atoms with Gasteiger partial charge in [0, 0.05) is 11.8 Å². The molecule has 0 N–H and O–H groups in total. The zero-order chi connectivity index (χ0) is 16.0.